The minimum atomic E-state index is 1.02. The van der Waals surface area contributed by atoms with E-state index >= 15 is 0 Å². The average Bonchev–Trinajstić information content (AvgIpc) is 2.05. The number of anilines is 1. The zero-order valence-corrected chi connectivity index (χ0v) is 5.72. The van der Waals surface area contributed by atoms with Gasteiger partial charge in [-0.15, -0.1) is 0 Å². The molecule has 0 saturated carbocycles. The zero-order valence-electron chi connectivity index (χ0n) is 5.72. The lowest BCUT2D eigenvalue weighted by Gasteiger charge is -2.15. The predicted octanol–water partition coefficient (Wildman–Crippen LogP) is 1.93. The summed E-state index contributed by atoms with van der Waals surface area (Å²) in [4.78, 5) is 0. The molecule has 1 aliphatic heterocycles. The number of rotatable bonds is 0. The van der Waals surface area contributed by atoms with Crippen LogP contribution in [0.15, 0.2) is 24.3 Å². The summed E-state index contributed by atoms with van der Waals surface area (Å²) < 4.78 is 0. The minimum absolute atomic E-state index is 1.02. The summed E-state index contributed by atoms with van der Waals surface area (Å²) in [6.45, 7) is 1.02. The molecular formula is C9H9N. The van der Waals surface area contributed by atoms with E-state index in [4.69, 9.17) is 0 Å². The topological polar surface area (TPSA) is 12.0 Å². The van der Waals surface area contributed by atoms with Crippen LogP contribution in [0.1, 0.15) is 12.0 Å². The van der Waals surface area contributed by atoms with Crippen molar-refractivity contribution in [1.29, 1.82) is 0 Å². The Hall–Kier alpha value is -0.980. The summed E-state index contributed by atoms with van der Waals surface area (Å²) in [5.74, 6) is 0. The van der Waals surface area contributed by atoms with Crippen molar-refractivity contribution in [3.8, 4) is 0 Å². The maximum Gasteiger partial charge on any atom is 0.0379 e. The molecule has 0 spiro atoms. The van der Waals surface area contributed by atoms with E-state index in [9.17, 15) is 0 Å². The van der Waals surface area contributed by atoms with Crippen LogP contribution < -0.4 is 5.32 Å². The predicted molar refractivity (Wildman–Crippen MR) is 41.9 cm³/mol. The van der Waals surface area contributed by atoms with Crippen molar-refractivity contribution < 1.29 is 0 Å². The fourth-order valence-corrected chi connectivity index (χ4v) is 1.19. The number of hydrogen-bond donors (Lipinski definition) is 1. The van der Waals surface area contributed by atoms with Gasteiger partial charge in [-0.2, -0.15) is 0 Å². The average molecular weight is 131 g/mol. The molecule has 1 N–H and O–H groups in total. The van der Waals surface area contributed by atoms with E-state index in [-0.39, 0.29) is 0 Å². The smallest absolute Gasteiger partial charge is 0.0379 e. The SMILES string of the molecule is [C]1CCNc2ccccc21. The lowest BCUT2D eigenvalue weighted by molar-refractivity contribution is 0.973. The highest BCUT2D eigenvalue weighted by molar-refractivity contribution is 5.56. The molecule has 0 fully saturated rings. The van der Waals surface area contributed by atoms with E-state index in [2.05, 4.69) is 23.9 Å². The summed E-state index contributed by atoms with van der Waals surface area (Å²) in [6.07, 6.45) is 4.32. The summed E-state index contributed by atoms with van der Waals surface area (Å²) in [5, 5.41) is 3.30. The van der Waals surface area contributed by atoms with E-state index in [1.54, 1.807) is 0 Å². The summed E-state index contributed by atoms with van der Waals surface area (Å²) in [6, 6.07) is 8.25. The van der Waals surface area contributed by atoms with Crippen LogP contribution in [0.2, 0.25) is 0 Å². The molecule has 1 aromatic carbocycles. The first-order valence-corrected chi connectivity index (χ1v) is 3.53. The zero-order chi connectivity index (χ0) is 6.81. The van der Waals surface area contributed by atoms with Crippen molar-refractivity contribution in [1.82, 2.24) is 0 Å². The molecule has 1 nitrogen and oxygen atoms in total. The number of para-hydroxylation sites is 1. The molecule has 2 radical (unpaired) electrons. The van der Waals surface area contributed by atoms with Crippen LogP contribution in [-0.2, 0) is 0 Å². The highest BCUT2D eigenvalue weighted by Gasteiger charge is 2.05. The van der Waals surface area contributed by atoms with Crippen molar-refractivity contribution in [3.63, 3.8) is 0 Å². The molecule has 0 aliphatic carbocycles. The molecule has 1 heterocycles. The Morgan fingerprint density at radius 2 is 2.20 bits per heavy atom. The van der Waals surface area contributed by atoms with Crippen LogP contribution >= 0.6 is 0 Å². The Labute approximate surface area is 61.1 Å². The van der Waals surface area contributed by atoms with E-state index in [0.29, 0.717) is 0 Å². The highest BCUT2D eigenvalue weighted by atomic mass is 14.9. The Morgan fingerprint density at radius 1 is 1.30 bits per heavy atom. The number of nitrogens with one attached hydrogen (secondary N) is 1. The van der Waals surface area contributed by atoms with Gasteiger partial charge in [0, 0.05) is 18.7 Å². The Balaban J connectivity index is 2.41. The molecule has 0 amide bonds. The molecule has 50 valence electrons. The third-order valence-electron chi connectivity index (χ3n) is 1.68. The number of benzene rings is 1. The first kappa shape index (κ1) is 5.78. The Morgan fingerprint density at radius 3 is 3.10 bits per heavy atom. The van der Waals surface area contributed by atoms with Gasteiger partial charge < -0.3 is 5.32 Å². The van der Waals surface area contributed by atoms with Crippen molar-refractivity contribution in [2.75, 3.05) is 11.9 Å². The van der Waals surface area contributed by atoms with Gasteiger partial charge in [-0.1, -0.05) is 18.2 Å². The lowest BCUT2D eigenvalue weighted by atomic mass is 10.0. The largest absolute Gasteiger partial charge is 0.385 e. The highest BCUT2D eigenvalue weighted by Crippen LogP contribution is 2.21. The van der Waals surface area contributed by atoms with Crippen LogP contribution in [0.4, 0.5) is 5.69 Å². The molecule has 0 atom stereocenters. The van der Waals surface area contributed by atoms with Gasteiger partial charge in [-0.05, 0) is 18.1 Å². The number of hydrogen-bond acceptors (Lipinski definition) is 1. The van der Waals surface area contributed by atoms with Crippen molar-refractivity contribution >= 4 is 5.69 Å². The van der Waals surface area contributed by atoms with Crippen LogP contribution in [0.5, 0.6) is 0 Å². The Kier molecular flexibility index (Phi) is 1.35. The molecular weight excluding hydrogens is 122 g/mol. The third-order valence-corrected chi connectivity index (χ3v) is 1.68. The van der Waals surface area contributed by atoms with Crippen molar-refractivity contribution in [2.45, 2.75) is 6.42 Å². The van der Waals surface area contributed by atoms with Gasteiger partial charge >= 0.3 is 0 Å². The molecule has 2 rings (SSSR count). The fourth-order valence-electron chi connectivity index (χ4n) is 1.19. The van der Waals surface area contributed by atoms with Gasteiger partial charge in [-0.25, -0.2) is 0 Å². The molecule has 0 saturated heterocycles. The quantitative estimate of drug-likeness (QED) is 0.567. The normalized spacial score (nSPS) is 15.6. The first-order chi connectivity index (χ1) is 4.97. The molecule has 10 heavy (non-hydrogen) atoms. The van der Waals surface area contributed by atoms with Crippen LogP contribution in [0.25, 0.3) is 0 Å². The number of fused-ring (bicyclic) bond motifs is 1. The van der Waals surface area contributed by atoms with E-state index in [1.807, 2.05) is 12.1 Å². The van der Waals surface area contributed by atoms with Gasteiger partial charge in [0.2, 0.25) is 0 Å². The minimum Gasteiger partial charge on any atom is -0.385 e. The van der Waals surface area contributed by atoms with Crippen LogP contribution in [-0.4, -0.2) is 6.54 Å². The second-order valence-electron chi connectivity index (χ2n) is 2.40. The lowest BCUT2D eigenvalue weighted by Crippen LogP contribution is -2.09. The maximum atomic E-state index is 3.30. The Bertz CT molecular complexity index is 205. The van der Waals surface area contributed by atoms with Gasteiger partial charge in [0.1, 0.15) is 0 Å². The van der Waals surface area contributed by atoms with E-state index in [1.165, 1.54) is 11.3 Å². The van der Waals surface area contributed by atoms with Gasteiger partial charge in [0.05, 0.1) is 0 Å². The van der Waals surface area contributed by atoms with Crippen LogP contribution in [0, 0.1) is 6.42 Å². The second-order valence-corrected chi connectivity index (χ2v) is 2.40. The maximum absolute atomic E-state index is 3.30. The van der Waals surface area contributed by atoms with Crippen molar-refractivity contribution in [3.05, 3.63) is 36.2 Å². The summed E-state index contributed by atoms with van der Waals surface area (Å²) >= 11 is 0. The molecule has 0 aromatic heterocycles. The standard InChI is InChI=1S/C9H9N/c1-2-6-9-8(4-1)5-3-7-10-9/h1-2,4,6,10H,3,7H2. The van der Waals surface area contributed by atoms with E-state index < -0.39 is 0 Å². The first-order valence-electron chi connectivity index (χ1n) is 3.53. The monoisotopic (exact) mass is 131 g/mol. The van der Waals surface area contributed by atoms with Gasteiger partial charge in [0.25, 0.3) is 0 Å². The third kappa shape index (κ3) is 0.878. The van der Waals surface area contributed by atoms with Gasteiger partial charge in [0.15, 0.2) is 0 Å². The molecule has 1 aromatic rings. The summed E-state index contributed by atoms with van der Waals surface area (Å²) in [7, 11) is 0. The second kappa shape index (κ2) is 2.33. The van der Waals surface area contributed by atoms with Gasteiger partial charge in [-0.3, -0.25) is 0 Å². The van der Waals surface area contributed by atoms with Crippen molar-refractivity contribution in [2.24, 2.45) is 0 Å². The molecule has 0 unspecified atom stereocenters. The molecule has 1 aliphatic rings. The molecule has 1 heteroatoms. The van der Waals surface area contributed by atoms with Crippen LogP contribution in [0.3, 0.4) is 0 Å². The summed E-state index contributed by atoms with van der Waals surface area (Å²) in [5.41, 5.74) is 2.43. The fraction of sp³-hybridized carbons (Fsp3) is 0.222. The van der Waals surface area contributed by atoms with E-state index in [0.717, 1.165) is 13.0 Å². The molecule has 0 bridgehead atoms.